The van der Waals surface area contributed by atoms with Crippen molar-refractivity contribution < 1.29 is 0 Å². The molecule has 1 aliphatic rings. The van der Waals surface area contributed by atoms with Crippen LogP contribution in [-0.4, -0.2) is 30.8 Å². The van der Waals surface area contributed by atoms with E-state index in [0.29, 0.717) is 6.04 Å². The summed E-state index contributed by atoms with van der Waals surface area (Å²) in [5, 5.41) is 8.52. The van der Waals surface area contributed by atoms with Gasteiger partial charge >= 0.3 is 0 Å². The topological polar surface area (TPSA) is 59.7 Å². The summed E-state index contributed by atoms with van der Waals surface area (Å²) >= 11 is 5.95. The highest BCUT2D eigenvalue weighted by Crippen LogP contribution is 2.39. The molecular weight excluding hydrogens is 264 g/mol. The van der Waals surface area contributed by atoms with Gasteiger partial charge < -0.3 is 4.90 Å². The van der Waals surface area contributed by atoms with E-state index in [2.05, 4.69) is 45.8 Å². The van der Waals surface area contributed by atoms with Gasteiger partial charge in [-0.1, -0.05) is 6.92 Å². The molecule has 0 aliphatic carbocycles. The van der Waals surface area contributed by atoms with Gasteiger partial charge in [-0.25, -0.2) is 4.98 Å². The number of hydrogen-bond acceptors (Lipinski definition) is 5. The second-order valence-corrected chi connectivity index (χ2v) is 5.17. The van der Waals surface area contributed by atoms with Gasteiger partial charge in [0.05, 0.1) is 12.2 Å². The Balaban J connectivity index is 2.27. The zero-order valence-corrected chi connectivity index (χ0v) is 11.8. The van der Waals surface area contributed by atoms with Gasteiger partial charge in [0.15, 0.2) is 11.6 Å². The molecule has 1 unspecified atom stereocenters. The lowest BCUT2D eigenvalue weighted by Crippen LogP contribution is -2.40. The summed E-state index contributed by atoms with van der Waals surface area (Å²) in [7, 11) is 0. The van der Waals surface area contributed by atoms with Crippen molar-refractivity contribution in [1.82, 2.24) is 24.7 Å². The Labute approximate surface area is 116 Å². The zero-order chi connectivity index (χ0) is 13.6. The molecule has 100 valence electrons. The standard InChI is InChI=1S/C12H15ClN6/c1-4-8-11-17-15-6-18(11)9-5-14-12(13)16-10(9)19(8)7(2)3/h5-8H,4H2,1-3H3. The van der Waals surface area contributed by atoms with E-state index < -0.39 is 0 Å². The first-order valence-corrected chi connectivity index (χ1v) is 6.72. The van der Waals surface area contributed by atoms with E-state index in [4.69, 9.17) is 11.6 Å². The Morgan fingerprint density at radius 2 is 2.21 bits per heavy atom. The third-order valence-electron chi connectivity index (χ3n) is 3.38. The van der Waals surface area contributed by atoms with Crippen LogP contribution in [0.15, 0.2) is 12.5 Å². The predicted molar refractivity (Wildman–Crippen MR) is 72.6 cm³/mol. The Kier molecular flexibility index (Phi) is 2.89. The molecule has 0 bridgehead atoms. The Bertz CT molecular complexity index is 608. The van der Waals surface area contributed by atoms with Gasteiger partial charge in [0.25, 0.3) is 0 Å². The Morgan fingerprint density at radius 1 is 1.42 bits per heavy atom. The number of anilines is 1. The van der Waals surface area contributed by atoms with Gasteiger partial charge in [0.2, 0.25) is 5.28 Å². The van der Waals surface area contributed by atoms with E-state index in [1.165, 1.54) is 0 Å². The van der Waals surface area contributed by atoms with Gasteiger partial charge in [-0.05, 0) is 31.9 Å². The molecule has 0 fully saturated rings. The third kappa shape index (κ3) is 1.78. The first kappa shape index (κ1) is 12.3. The van der Waals surface area contributed by atoms with Gasteiger partial charge in [-0.2, -0.15) is 4.98 Å². The highest BCUT2D eigenvalue weighted by Gasteiger charge is 2.34. The van der Waals surface area contributed by atoms with E-state index in [1.54, 1.807) is 12.5 Å². The summed E-state index contributed by atoms with van der Waals surface area (Å²) < 4.78 is 1.94. The molecule has 1 aliphatic heterocycles. The quantitative estimate of drug-likeness (QED) is 0.790. The van der Waals surface area contributed by atoms with E-state index >= 15 is 0 Å². The minimum absolute atomic E-state index is 0.154. The first-order chi connectivity index (χ1) is 9.13. The van der Waals surface area contributed by atoms with Crippen molar-refractivity contribution in [2.45, 2.75) is 39.3 Å². The van der Waals surface area contributed by atoms with Crippen LogP contribution in [0.25, 0.3) is 5.69 Å². The first-order valence-electron chi connectivity index (χ1n) is 6.34. The second kappa shape index (κ2) is 4.45. The lowest BCUT2D eigenvalue weighted by Gasteiger charge is -2.39. The van der Waals surface area contributed by atoms with Crippen LogP contribution in [0.1, 0.15) is 39.1 Å². The molecule has 0 amide bonds. The van der Waals surface area contributed by atoms with Crippen LogP contribution < -0.4 is 4.90 Å². The summed E-state index contributed by atoms with van der Waals surface area (Å²) in [6.45, 7) is 6.40. The molecule has 2 aromatic rings. The fraction of sp³-hybridized carbons (Fsp3) is 0.500. The number of aromatic nitrogens is 5. The Hall–Kier alpha value is -1.69. The SMILES string of the molecule is CCC1c2nncn2-c2cnc(Cl)nc2N1C(C)C. The summed E-state index contributed by atoms with van der Waals surface area (Å²) in [6, 6.07) is 0.445. The van der Waals surface area contributed by atoms with Crippen LogP contribution in [0.5, 0.6) is 0 Å². The second-order valence-electron chi connectivity index (χ2n) is 4.83. The molecule has 0 spiro atoms. The van der Waals surface area contributed by atoms with Gasteiger partial charge in [0.1, 0.15) is 12.0 Å². The smallest absolute Gasteiger partial charge is 0.224 e. The van der Waals surface area contributed by atoms with Crippen molar-refractivity contribution in [3.63, 3.8) is 0 Å². The molecule has 3 rings (SSSR count). The maximum Gasteiger partial charge on any atom is 0.224 e. The third-order valence-corrected chi connectivity index (χ3v) is 3.56. The zero-order valence-electron chi connectivity index (χ0n) is 11.1. The molecule has 0 saturated heterocycles. The number of rotatable bonds is 2. The van der Waals surface area contributed by atoms with E-state index in [1.807, 2.05) is 4.57 Å². The molecular formula is C12H15ClN6. The van der Waals surface area contributed by atoms with Crippen molar-refractivity contribution in [2.24, 2.45) is 0 Å². The molecule has 3 heterocycles. The molecule has 7 heteroatoms. The van der Waals surface area contributed by atoms with Crippen LogP contribution in [0, 0.1) is 0 Å². The summed E-state index contributed by atoms with van der Waals surface area (Å²) in [4.78, 5) is 10.7. The lowest BCUT2D eigenvalue weighted by atomic mass is 10.1. The van der Waals surface area contributed by atoms with Crippen molar-refractivity contribution in [3.05, 3.63) is 23.6 Å². The molecule has 19 heavy (non-hydrogen) atoms. The van der Waals surface area contributed by atoms with Crippen LogP contribution in [0.2, 0.25) is 5.28 Å². The average molecular weight is 279 g/mol. The predicted octanol–water partition coefficient (Wildman–Crippen LogP) is 2.39. The van der Waals surface area contributed by atoms with Crippen LogP contribution in [0.3, 0.4) is 0 Å². The van der Waals surface area contributed by atoms with Crippen molar-refractivity contribution in [3.8, 4) is 5.69 Å². The monoisotopic (exact) mass is 278 g/mol. The molecule has 0 aromatic carbocycles. The maximum absolute atomic E-state index is 5.95. The van der Waals surface area contributed by atoms with Crippen molar-refractivity contribution in [1.29, 1.82) is 0 Å². The van der Waals surface area contributed by atoms with Gasteiger partial charge in [-0.3, -0.25) is 4.57 Å². The Morgan fingerprint density at radius 3 is 2.89 bits per heavy atom. The highest BCUT2D eigenvalue weighted by atomic mass is 35.5. The maximum atomic E-state index is 5.95. The number of nitrogens with zero attached hydrogens (tertiary/aromatic N) is 6. The number of fused-ring (bicyclic) bond motifs is 3. The van der Waals surface area contributed by atoms with Crippen LogP contribution in [0.4, 0.5) is 5.82 Å². The van der Waals surface area contributed by atoms with E-state index in [0.717, 1.165) is 23.8 Å². The summed E-state index contributed by atoms with van der Waals surface area (Å²) in [6.07, 6.45) is 4.35. The van der Waals surface area contributed by atoms with Gasteiger partial charge in [0, 0.05) is 6.04 Å². The van der Waals surface area contributed by atoms with Crippen LogP contribution >= 0.6 is 11.6 Å². The molecule has 0 N–H and O–H groups in total. The summed E-state index contributed by atoms with van der Waals surface area (Å²) in [5.74, 6) is 1.77. The van der Waals surface area contributed by atoms with E-state index in [-0.39, 0.29) is 11.3 Å². The highest BCUT2D eigenvalue weighted by molar-refractivity contribution is 6.28. The molecule has 1 atom stereocenters. The normalized spacial score (nSPS) is 17.5. The number of halogens is 1. The van der Waals surface area contributed by atoms with E-state index in [9.17, 15) is 0 Å². The van der Waals surface area contributed by atoms with Crippen molar-refractivity contribution >= 4 is 17.4 Å². The number of hydrogen-bond donors (Lipinski definition) is 0. The molecule has 2 aromatic heterocycles. The molecule has 0 saturated carbocycles. The van der Waals surface area contributed by atoms with Gasteiger partial charge in [-0.15, -0.1) is 10.2 Å². The lowest BCUT2D eigenvalue weighted by molar-refractivity contribution is 0.497. The molecule has 0 radical (unpaired) electrons. The fourth-order valence-electron chi connectivity index (χ4n) is 2.62. The largest absolute Gasteiger partial charge is 0.342 e. The van der Waals surface area contributed by atoms with Crippen molar-refractivity contribution in [2.75, 3.05) is 4.90 Å². The fourth-order valence-corrected chi connectivity index (χ4v) is 2.75. The summed E-state index contributed by atoms with van der Waals surface area (Å²) in [5.41, 5.74) is 0.878. The molecule has 6 nitrogen and oxygen atoms in total. The minimum atomic E-state index is 0.154. The van der Waals surface area contributed by atoms with Crippen LogP contribution in [-0.2, 0) is 0 Å². The minimum Gasteiger partial charge on any atom is -0.342 e. The average Bonchev–Trinajstić information content (AvgIpc) is 2.85.